The monoisotopic (exact) mass is 288 g/mol. The van der Waals surface area contributed by atoms with Crippen LogP contribution >= 0.6 is 11.8 Å². The molecule has 1 saturated carbocycles. The molecule has 3 fully saturated rings. The number of fused-ring (bicyclic) bond motifs is 1. The van der Waals surface area contributed by atoms with Crippen molar-refractivity contribution in [2.75, 3.05) is 11.5 Å². The third kappa shape index (κ3) is 1.62. The summed E-state index contributed by atoms with van der Waals surface area (Å²) >= 11 is 1.80. The van der Waals surface area contributed by atoms with Crippen molar-refractivity contribution in [1.29, 1.82) is 5.41 Å². The molecule has 1 aliphatic carbocycles. The Kier molecular flexibility index (Phi) is 2.61. The van der Waals surface area contributed by atoms with Crippen LogP contribution in [-0.2, 0) is 14.9 Å². The number of thioether (sulfide) groups is 1. The number of benzene rings is 1. The number of nitrogens with zero attached hydrogens (tertiary/aromatic N) is 1. The molecule has 0 spiro atoms. The minimum Gasteiger partial charge on any atom is -0.459 e. The zero-order chi connectivity index (χ0) is 13.7. The van der Waals surface area contributed by atoms with Crippen LogP contribution in [0.2, 0.25) is 0 Å². The molecule has 104 valence electrons. The summed E-state index contributed by atoms with van der Waals surface area (Å²) in [6, 6.07) is 10.1. The highest BCUT2D eigenvalue weighted by atomic mass is 32.2. The van der Waals surface area contributed by atoms with E-state index < -0.39 is 5.41 Å². The molecule has 20 heavy (non-hydrogen) atoms. The van der Waals surface area contributed by atoms with Gasteiger partial charge in [-0.25, -0.2) is 0 Å². The van der Waals surface area contributed by atoms with Gasteiger partial charge in [0.15, 0.2) is 0 Å². The zero-order valence-corrected chi connectivity index (χ0v) is 11.9. The van der Waals surface area contributed by atoms with E-state index in [0.29, 0.717) is 0 Å². The fourth-order valence-electron chi connectivity index (χ4n) is 3.21. The van der Waals surface area contributed by atoms with Crippen LogP contribution in [0.25, 0.3) is 0 Å². The number of carbonyl (C=O) groups excluding carboxylic acids is 1. The second kappa shape index (κ2) is 4.25. The topological polar surface area (TPSA) is 53.4 Å². The van der Waals surface area contributed by atoms with E-state index in [1.54, 1.807) is 16.7 Å². The lowest BCUT2D eigenvalue weighted by molar-refractivity contribution is -0.131. The van der Waals surface area contributed by atoms with E-state index in [1.165, 1.54) is 0 Å². The molecule has 1 amide bonds. The fraction of sp³-hybridized carbons (Fsp3) is 0.467. The van der Waals surface area contributed by atoms with E-state index in [0.717, 1.165) is 29.9 Å². The number of hydrogen-bond acceptors (Lipinski definition) is 4. The summed E-state index contributed by atoms with van der Waals surface area (Å²) in [5.41, 5.74) is 0.672. The van der Waals surface area contributed by atoms with Gasteiger partial charge in [-0.1, -0.05) is 30.3 Å². The maximum absolute atomic E-state index is 13.0. The summed E-state index contributed by atoms with van der Waals surface area (Å²) in [7, 11) is 0. The number of ether oxygens (including phenoxy) is 1. The number of hydrogen-bond donors (Lipinski definition) is 1. The van der Waals surface area contributed by atoms with Crippen LogP contribution in [0.5, 0.6) is 0 Å². The van der Waals surface area contributed by atoms with Crippen molar-refractivity contribution in [1.82, 2.24) is 4.90 Å². The van der Waals surface area contributed by atoms with Crippen LogP contribution in [0.4, 0.5) is 0 Å². The zero-order valence-electron chi connectivity index (χ0n) is 11.0. The lowest BCUT2D eigenvalue weighted by Crippen LogP contribution is -2.46. The largest absolute Gasteiger partial charge is 0.459 e. The van der Waals surface area contributed by atoms with E-state index in [1.807, 2.05) is 30.3 Å². The van der Waals surface area contributed by atoms with Crippen LogP contribution in [0.1, 0.15) is 18.4 Å². The van der Waals surface area contributed by atoms with Crippen LogP contribution in [-0.4, -0.2) is 40.5 Å². The number of amidine groups is 1. The van der Waals surface area contributed by atoms with E-state index in [-0.39, 0.29) is 24.1 Å². The molecule has 5 heteroatoms. The summed E-state index contributed by atoms with van der Waals surface area (Å²) in [4.78, 5) is 14.6. The highest BCUT2D eigenvalue weighted by molar-refractivity contribution is 7.99. The van der Waals surface area contributed by atoms with E-state index in [9.17, 15) is 4.79 Å². The van der Waals surface area contributed by atoms with Gasteiger partial charge >= 0.3 is 0 Å². The second-order valence-corrected chi connectivity index (χ2v) is 6.76. The van der Waals surface area contributed by atoms with Crippen molar-refractivity contribution in [3.8, 4) is 0 Å². The summed E-state index contributed by atoms with van der Waals surface area (Å²) in [5.74, 6) is 1.82. The van der Waals surface area contributed by atoms with Gasteiger partial charge in [-0.2, -0.15) is 11.8 Å². The predicted octanol–water partition coefficient (Wildman–Crippen LogP) is 2.00. The van der Waals surface area contributed by atoms with Crippen molar-refractivity contribution < 1.29 is 9.53 Å². The molecule has 1 N–H and O–H groups in total. The molecule has 2 atom stereocenters. The first-order valence-corrected chi connectivity index (χ1v) is 8.10. The van der Waals surface area contributed by atoms with Gasteiger partial charge in [0.1, 0.15) is 6.10 Å². The first-order valence-electron chi connectivity index (χ1n) is 6.94. The number of rotatable bonds is 2. The van der Waals surface area contributed by atoms with Crippen molar-refractivity contribution in [2.24, 2.45) is 0 Å². The standard InChI is InChI=1S/C15H16N2O2S/c16-14-17(11-8-20-9-12(11)19-14)13(18)15(6-7-15)10-4-2-1-3-5-10/h1-5,11-12,16H,6-9H2/t11-,12-/m0/s1. The molecular formula is C15H16N2O2S. The molecule has 2 aliphatic heterocycles. The van der Waals surface area contributed by atoms with Gasteiger partial charge < -0.3 is 4.74 Å². The SMILES string of the molecule is N=C1O[C@H]2CSC[C@@H]2N1C(=O)C1(c2ccccc2)CC1. The molecule has 4 rings (SSSR count). The normalized spacial score (nSPS) is 30.0. The Bertz CT molecular complexity index is 570. The highest BCUT2D eigenvalue weighted by Gasteiger charge is 2.58. The Balaban J connectivity index is 1.66. The smallest absolute Gasteiger partial charge is 0.292 e. The third-order valence-corrected chi connectivity index (χ3v) is 5.66. The average molecular weight is 288 g/mol. The van der Waals surface area contributed by atoms with Crippen molar-refractivity contribution >= 4 is 23.7 Å². The number of carbonyl (C=O) groups is 1. The predicted molar refractivity (Wildman–Crippen MR) is 77.9 cm³/mol. The van der Waals surface area contributed by atoms with Crippen molar-refractivity contribution in [2.45, 2.75) is 30.4 Å². The summed E-state index contributed by atoms with van der Waals surface area (Å²) < 4.78 is 5.55. The van der Waals surface area contributed by atoms with E-state index >= 15 is 0 Å². The van der Waals surface area contributed by atoms with Gasteiger partial charge in [0, 0.05) is 11.5 Å². The molecular weight excluding hydrogens is 272 g/mol. The number of nitrogens with one attached hydrogen (secondary N) is 1. The maximum Gasteiger partial charge on any atom is 0.292 e. The lowest BCUT2D eigenvalue weighted by atomic mass is 9.94. The van der Waals surface area contributed by atoms with Crippen LogP contribution in [0, 0.1) is 5.41 Å². The summed E-state index contributed by atoms with van der Waals surface area (Å²) in [5, 5.41) is 7.98. The first kappa shape index (κ1) is 12.3. The molecule has 1 aromatic rings. The Hall–Kier alpha value is -1.49. The second-order valence-electron chi connectivity index (χ2n) is 5.69. The van der Waals surface area contributed by atoms with Crippen molar-refractivity contribution in [3.63, 3.8) is 0 Å². The van der Waals surface area contributed by atoms with Crippen LogP contribution < -0.4 is 0 Å². The van der Waals surface area contributed by atoms with E-state index in [2.05, 4.69) is 0 Å². The van der Waals surface area contributed by atoms with Gasteiger partial charge in [-0.3, -0.25) is 15.1 Å². The molecule has 0 aromatic heterocycles. The van der Waals surface area contributed by atoms with Crippen molar-refractivity contribution in [3.05, 3.63) is 35.9 Å². The molecule has 2 saturated heterocycles. The van der Waals surface area contributed by atoms with Gasteiger partial charge in [0.05, 0.1) is 11.5 Å². The van der Waals surface area contributed by atoms with Gasteiger partial charge in [0.2, 0.25) is 5.91 Å². The third-order valence-electron chi connectivity index (χ3n) is 4.52. The molecule has 0 radical (unpaired) electrons. The quantitative estimate of drug-likeness (QED) is 0.905. The van der Waals surface area contributed by atoms with Crippen LogP contribution in [0.3, 0.4) is 0 Å². The van der Waals surface area contributed by atoms with E-state index in [4.69, 9.17) is 10.1 Å². The fourth-order valence-corrected chi connectivity index (χ4v) is 4.47. The van der Waals surface area contributed by atoms with Gasteiger partial charge in [-0.15, -0.1) is 0 Å². The molecule has 2 heterocycles. The average Bonchev–Trinajstić information content (AvgIpc) is 3.07. The minimum atomic E-state index is -0.404. The minimum absolute atomic E-state index is 0.0167. The molecule has 4 nitrogen and oxygen atoms in total. The lowest BCUT2D eigenvalue weighted by Gasteiger charge is -2.25. The molecule has 1 aromatic carbocycles. The van der Waals surface area contributed by atoms with Gasteiger partial charge in [0.25, 0.3) is 6.02 Å². The summed E-state index contributed by atoms with van der Waals surface area (Å²) in [6.07, 6.45) is 1.77. The summed E-state index contributed by atoms with van der Waals surface area (Å²) in [6.45, 7) is 0. The number of amides is 1. The highest BCUT2D eigenvalue weighted by Crippen LogP contribution is 2.51. The molecule has 0 unspecified atom stereocenters. The molecule has 0 bridgehead atoms. The Labute approximate surface area is 122 Å². The Morgan fingerprint density at radius 1 is 1.30 bits per heavy atom. The maximum atomic E-state index is 13.0. The van der Waals surface area contributed by atoms with Gasteiger partial charge in [-0.05, 0) is 18.4 Å². The Morgan fingerprint density at radius 2 is 2.05 bits per heavy atom. The molecule has 3 aliphatic rings. The van der Waals surface area contributed by atoms with Crippen LogP contribution in [0.15, 0.2) is 30.3 Å². The first-order chi connectivity index (χ1) is 9.72. The Morgan fingerprint density at radius 3 is 2.75 bits per heavy atom.